The predicted octanol–water partition coefficient (Wildman–Crippen LogP) is 1.43. The molecular weight excluding hydrogens is 316 g/mol. The van der Waals surface area contributed by atoms with E-state index in [2.05, 4.69) is 47.4 Å². The van der Waals surface area contributed by atoms with Gasteiger partial charge in [-0.15, -0.1) is 20.4 Å². The first-order chi connectivity index (χ1) is 12.3. The number of rotatable bonds is 3. The van der Waals surface area contributed by atoms with Gasteiger partial charge in [0.25, 0.3) is 0 Å². The molecular formula is C17H20N8. The molecule has 8 heteroatoms. The van der Waals surface area contributed by atoms with Gasteiger partial charge in [0.1, 0.15) is 5.82 Å². The van der Waals surface area contributed by atoms with E-state index in [0.717, 1.165) is 55.0 Å². The smallest absolute Gasteiger partial charge is 0.178 e. The average Bonchev–Trinajstić information content (AvgIpc) is 3.46. The lowest BCUT2D eigenvalue weighted by atomic mass is 10.2. The summed E-state index contributed by atoms with van der Waals surface area (Å²) in [7, 11) is 0. The molecule has 0 radical (unpaired) electrons. The summed E-state index contributed by atoms with van der Waals surface area (Å²) in [5.74, 6) is 3.40. The third-order valence-corrected chi connectivity index (χ3v) is 5.00. The van der Waals surface area contributed by atoms with Gasteiger partial charge >= 0.3 is 0 Å². The van der Waals surface area contributed by atoms with Crippen LogP contribution in [0.25, 0.3) is 5.65 Å². The zero-order valence-electron chi connectivity index (χ0n) is 14.2. The molecule has 3 aromatic rings. The van der Waals surface area contributed by atoms with Crippen molar-refractivity contribution >= 4 is 17.3 Å². The van der Waals surface area contributed by atoms with E-state index in [0.29, 0.717) is 5.92 Å². The van der Waals surface area contributed by atoms with Crippen molar-refractivity contribution in [3.05, 3.63) is 35.8 Å². The fourth-order valence-electron chi connectivity index (χ4n) is 3.32. The van der Waals surface area contributed by atoms with Gasteiger partial charge < -0.3 is 9.80 Å². The molecule has 0 N–H and O–H groups in total. The quantitative estimate of drug-likeness (QED) is 0.716. The molecule has 1 saturated carbocycles. The SMILES string of the molecule is Cc1nnc2ccc(N3CCN(c4ccc(C5CC5)nn4)CC3)nn12. The minimum atomic E-state index is 0.653. The van der Waals surface area contributed by atoms with Crippen LogP contribution in [0.5, 0.6) is 0 Å². The Balaban J connectivity index is 1.29. The number of aromatic nitrogens is 6. The minimum Gasteiger partial charge on any atom is -0.352 e. The van der Waals surface area contributed by atoms with Gasteiger partial charge in [-0.2, -0.15) is 9.61 Å². The highest BCUT2D eigenvalue weighted by Gasteiger charge is 2.26. The number of hydrogen-bond donors (Lipinski definition) is 0. The molecule has 1 saturated heterocycles. The van der Waals surface area contributed by atoms with Crippen molar-refractivity contribution in [2.24, 2.45) is 0 Å². The lowest BCUT2D eigenvalue weighted by Gasteiger charge is -2.35. The number of anilines is 2. The van der Waals surface area contributed by atoms with Gasteiger partial charge in [0.05, 0.1) is 5.69 Å². The summed E-state index contributed by atoms with van der Waals surface area (Å²) in [6.07, 6.45) is 2.52. The van der Waals surface area contributed by atoms with Crippen molar-refractivity contribution in [3.63, 3.8) is 0 Å². The van der Waals surface area contributed by atoms with Crippen LogP contribution >= 0.6 is 0 Å². The molecule has 4 heterocycles. The Kier molecular flexibility index (Phi) is 3.29. The molecule has 128 valence electrons. The van der Waals surface area contributed by atoms with E-state index >= 15 is 0 Å². The lowest BCUT2D eigenvalue weighted by molar-refractivity contribution is 0.631. The van der Waals surface area contributed by atoms with Crippen molar-refractivity contribution in [3.8, 4) is 0 Å². The second-order valence-electron chi connectivity index (χ2n) is 6.77. The van der Waals surface area contributed by atoms with Crippen LogP contribution in [0.1, 0.15) is 30.3 Å². The van der Waals surface area contributed by atoms with Crippen LogP contribution in [0.3, 0.4) is 0 Å². The van der Waals surface area contributed by atoms with E-state index in [1.807, 2.05) is 19.1 Å². The maximum atomic E-state index is 4.67. The summed E-state index contributed by atoms with van der Waals surface area (Å²) in [5.41, 5.74) is 1.93. The molecule has 0 amide bonds. The number of aryl methyl sites for hydroxylation is 1. The van der Waals surface area contributed by atoms with Gasteiger partial charge in [0, 0.05) is 32.1 Å². The fraction of sp³-hybridized carbons (Fsp3) is 0.471. The van der Waals surface area contributed by atoms with Crippen molar-refractivity contribution in [1.29, 1.82) is 0 Å². The monoisotopic (exact) mass is 336 g/mol. The summed E-state index contributed by atoms with van der Waals surface area (Å²) < 4.78 is 1.80. The first kappa shape index (κ1) is 14.6. The summed E-state index contributed by atoms with van der Waals surface area (Å²) >= 11 is 0. The van der Waals surface area contributed by atoms with E-state index in [4.69, 9.17) is 0 Å². The third-order valence-electron chi connectivity index (χ3n) is 5.00. The molecule has 1 aliphatic heterocycles. The molecule has 0 bridgehead atoms. The molecule has 3 aromatic heterocycles. The highest BCUT2D eigenvalue weighted by Crippen LogP contribution is 2.38. The van der Waals surface area contributed by atoms with Crippen LogP contribution in [0, 0.1) is 6.92 Å². The van der Waals surface area contributed by atoms with Crippen molar-refractivity contribution < 1.29 is 0 Å². The minimum absolute atomic E-state index is 0.653. The Morgan fingerprint density at radius 3 is 2.20 bits per heavy atom. The molecule has 0 unspecified atom stereocenters. The number of piperazine rings is 1. The highest BCUT2D eigenvalue weighted by atomic mass is 15.4. The normalized spacial score (nSPS) is 18.1. The van der Waals surface area contributed by atoms with Crippen LogP contribution in [0.4, 0.5) is 11.6 Å². The highest BCUT2D eigenvalue weighted by molar-refractivity contribution is 5.48. The third kappa shape index (κ3) is 2.67. The molecule has 0 aromatic carbocycles. The maximum absolute atomic E-state index is 4.67. The molecule has 25 heavy (non-hydrogen) atoms. The van der Waals surface area contributed by atoms with Gasteiger partial charge in [-0.25, -0.2) is 0 Å². The van der Waals surface area contributed by atoms with E-state index < -0.39 is 0 Å². The van der Waals surface area contributed by atoms with Crippen molar-refractivity contribution in [1.82, 2.24) is 30.0 Å². The molecule has 0 atom stereocenters. The zero-order valence-corrected chi connectivity index (χ0v) is 14.2. The maximum Gasteiger partial charge on any atom is 0.178 e. The average molecular weight is 336 g/mol. The Morgan fingerprint density at radius 1 is 0.800 bits per heavy atom. The van der Waals surface area contributed by atoms with Gasteiger partial charge in [-0.1, -0.05) is 0 Å². The Hall–Kier alpha value is -2.77. The first-order valence-electron chi connectivity index (χ1n) is 8.80. The summed E-state index contributed by atoms with van der Waals surface area (Å²) in [4.78, 5) is 4.59. The lowest BCUT2D eigenvalue weighted by Crippen LogP contribution is -2.47. The Morgan fingerprint density at radius 2 is 1.52 bits per heavy atom. The second kappa shape index (κ2) is 5.65. The fourth-order valence-corrected chi connectivity index (χ4v) is 3.32. The van der Waals surface area contributed by atoms with Crippen LogP contribution in [0.15, 0.2) is 24.3 Å². The summed E-state index contributed by atoms with van der Waals surface area (Å²) in [5, 5.41) is 21.6. The van der Waals surface area contributed by atoms with Gasteiger partial charge in [-0.05, 0) is 44.0 Å². The Labute approximate surface area is 145 Å². The summed E-state index contributed by atoms with van der Waals surface area (Å²) in [6, 6.07) is 8.23. The predicted molar refractivity (Wildman–Crippen MR) is 94.0 cm³/mol. The molecule has 0 spiro atoms. The molecule has 2 fully saturated rings. The van der Waals surface area contributed by atoms with E-state index in [9.17, 15) is 0 Å². The molecule has 1 aliphatic carbocycles. The van der Waals surface area contributed by atoms with Gasteiger partial charge in [0.15, 0.2) is 17.3 Å². The van der Waals surface area contributed by atoms with Gasteiger partial charge in [-0.3, -0.25) is 0 Å². The van der Waals surface area contributed by atoms with E-state index in [1.54, 1.807) is 4.52 Å². The second-order valence-corrected chi connectivity index (χ2v) is 6.77. The molecule has 5 rings (SSSR count). The van der Waals surface area contributed by atoms with Crippen LogP contribution in [0.2, 0.25) is 0 Å². The first-order valence-corrected chi connectivity index (χ1v) is 8.80. The van der Waals surface area contributed by atoms with Gasteiger partial charge in [0.2, 0.25) is 0 Å². The zero-order chi connectivity index (χ0) is 16.8. The van der Waals surface area contributed by atoms with Crippen LogP contribution in [-0.4, -0.2) is 56.2 Å². The van der Waals surface area contributed by atoms with Crippen LogP contribution < -0.4 is 9.80 Å². The van der Waals surface area contributed by atoms with Crippen molar-refractivity contribution in [2.75, 3.05) is 36.0 Å². The molecule has 2 aliphatic rings. The summed E-state index contributed by atoms with van der Waals surface area (Å²) in [6.45, 7) is 5.56. The largest absolute Gasteiger partial charge is 0.352 e. The Bertz CT molecular complexity index is 891. The number of nitrogens with zero attached hydrogens (tertiary/aromatic N) is 8. The standard InChI is InChI=1S/C17H20N8/c1-12-18-21-16-6-7-17(22-25(12)16)24-10-8-23(9-11-24)15-5-4-14(19-20-15)13-2-3-13/h4-7,13H,2-3,8-11H2,1H3. The molecule has 8 nitrogen and oxygen atoms in total. The van der Waals surface area contributed by atoms with Crippen molar-refractivity contribution in [2.45, 2.75) is 25.7 Å². The van der Waals surface area contributed by atoms with E-state index in [-0.39, 0.29) is 0 Å². The topological polar surface area (TPSA) is 75.3 Å². The van der Waals surface area contributed by atoms with E-state index in [1.165, 1.54) is 12.8 Å². The van der Waals surface area contributed by atoms with Crippen LogP contribution in [-0.2, 0) is 0 Å². The number of fused-ring (bicyclic) bond motifs is 1. The number of hydrogen-bond acceptors (Lipinski definition) is 7.